The van der Waals surface area contributed by atoms with Crippen molar-refractivity contribution in [2.75, 3.05) is 39.3 Å². The predicted octanol–water partition coefficient (Wildman–Crippen LogP) is 0.693. The van der Waals surface area contributed by atoms with Crippen molar-refractivity contribution >= 4 is 11.8 Å². The van der Waals surface area contributed by atoms with Gasteiger partial charge in [0.2, 0.25) is 11.8 Å². The van der Waals surface area contributed by atoms with Crippen LogP contribution in [0.15, 0.2) is 0 Å². The van der Waals surface area contributed by atoms with Crippen LogP contribution < -0.4 is 0 Å². The Labute approximate surface area is 144 Å². The van der Waals surface area contributed by atoms with Crippen molar-refractivity contribution in [1.82, 2.24) is 14.7 Å². The molecule has 0 aromatic rings. The molecule has 3 aliphatic rings. The number of amides is 2. The van der Waals surface area contributed by atoms with Crippen molar-refractivity contribution in [2.45, 2.75) is 57.6 Å². The maximum Gasteiger partial charge on any atom is 0.228 e. The van der Waals surface area contributed by atoms with Gasteiger partial charge in [0.05, 0.1) is 12.0 Å². The second kappa shape index (κ2) is 7.83. The number of aliphatic hydroxyl groups excluding tert-OH is 1. The Hall–Kier alpha value is -1.14. The van der Waals surface area contributed by atoms with Gasteiger partial charge in [0, 0.05) is 51.7 Å². The van der Waals surface area contributed by atoms with Gasteiger partial charge in [-0.25, -0.2) is 0 Å². The van der Waals surface area contributed by atoms with Crippen molar-refractivity contribution < 1.29 is 14.7 Å². The molecule has 0 aromatic carbocycles. The van der Waals surface area contributed by atoms with Gasteiger partial charge in [0.1, 0.15) is 0 Å². The average molecular weight is 337 g/mol. The van der Waals surface area contributed by atoms with Gasteiger partial charge in [-0.15, -0.1) is 0 Å². The maximum absolute atomic E-state index is 12.8. The van der Waals surface area contributed by atoms with Crippen LogP contribution in [0, 0.1) is 5.92 Å². The quantitative estimate of drug-likeness (QED) is 0.802. The van der Waals surface area contributed by atoms with Crippen LogP contribution in [0.25, 0.3) is 0 Å². The Morgan fingerprint density at radius 3 is 2.50 bits per heavy atom. The van der Waals surface area contributed by atoms with Crippen LogP contribution in [0.2, 0.25) is 0 Å². The highest BCUT2D eigenvalue weighted by atomic mass is 16.3. The number of piperazine rings is 1. The summed E-state index contributed by atoms with van der Waals surface area (Å²) in [6.45, 7) is 6.35. The molecule has 0 aromatic heterocycles. The summed E-state index contributed by atoms with van der Waals surface area (Å²) in [5.41, 5.74) is 0. The second-order valence-electron chi connectivity index (χ2n) is 7.57. The fourth-order valence-electron chi connectivity index (χ4n) is 4.30. The highest BCUT2D eigenvalue weighted by molar-refractivity contribution is 5.89. The van der Waals surface area contributed by atoms with E-state index in [1.54, 1.807) is 0 Å². The molecule has 0 unspecified atom stereocenters. The number of carbonyl (C=O) groups excluding carboxylic acids is 2. The molecule has 0 spiro atoms. The van der Waals surface area contributed by atoms with E-state index >= 15 is 0 Å². The minimum absolute atomic E-state index is 0.147. The number of rotatable bonds is 5. The minimum atomic E-state index is -0.278. The number of β-amino-alcohol motifs (C(OH)–C–C–N with tert-alkyl or cyclic N) is 1. The number of carbonyl (C=O) groups is 2. The summed E-state index contributed by atoms with van der Waals surface area (Å²) in [6.07, 6.45) is 5.50. The van der Waals surface area contributed by atoms with Crippen LogP contribution in [0.3, 0.4) is 0 Å². The van der Waals surface area contributed by atoms with Crippen molar-refractivity contribution in [2.24, 2.45) is 5.92 Å². The largest absolute Gasteiger partial charge is 0.392 e. The van der Waals surface area contributed by atoms with E-state index in [-0.39, 0.29) is 23.8 Å². The molecule has 0 radical (unpaired) electrons. The molecule has 0 bridgehead atoms. The third-order valence-corrected chi connectivity index (χ3v) is 5.90. The molecule has 3 rings (SSSR count). The van der Waals surface area contributed by atoms with Crippen molar-refractivity contribution in [3.05, 3.63) is 0 Å². The summed E-state index contributed by atoms with van der Waals surface area (Å²) in [4.78, 5) is 31.2. The normalized spacial score (nSPS) is 27.9. The van der Waals surface area contributed by atoms with E-state index in [0.29, 0.717) is 38.6 Å². The molecular formula is C18H31N3O3. The fraction of sp³-hybridized carbons (Fsp3) is 0.889. The number of likely N-dealkylation sites (tertiary alicyclic amines) is 1. The van der Waals surface area contributed by atoms with E-state index < -0.39 is 0 Å². The SMILES string of the molecule is CC[C@H](O)CN1CCN(C(=O)[C@@H]2CC(=O)N(C3CCCC3)C2)CC1. The number of aliphatic hydroxyl groups is 1. The Morgan fingerprint density at radius 1 is 1.21 bits per heavy atom. The number of hydrogen-bond acceptors (Lipinski definition) is 4. The summed E-state index contributed by atoms with van der Waals surface area (Å²) in [5.74, 6) is 0.176. The lowest BCUT2D eigenvalue weighted by atomic mass is 10.1. The van der Waals surface area contributed by atoms with Gasteiger partial charge >= 0.3 is 0 Å². The highest BCUT2D eigenvalue weighted by Crippen LogP contribution is 2.30. The molecule has 6 nitrogen and oxygen atoms in total. The fourth-order valence-corrected chi connectivity index (χ4v) is 4.30. The van der Waals surface area contributed by atoms with E-state index in [9.17, 15) is 14.7 Å². The molecule has 2 atom stereocenters. The molecule has 1 saturated carbocycles. The standard InChI is InChI=1S/C18H31N3O3/c1-2-16(22)13-19-7-9-20(10-8-19)18(24)14-11-17(23)21(12-14)15-5-3-4-6-15/h14-16,22H,2-13H2,1H3/t14-,16+/m1/s1. The minimum Gasteiger partial charge on any atom is -0.392 e. The zero-order valence-corrected chi connectivity index (χ0v) is 14.8. The highest BCUT2D eigenvalue weighted by Gasteiger charge is 2.40. The lowest BCUT2D eigenvalue weighted by molar-refractivity contribution is -0.137. The first kappa shape index (κ1) is 17.7. The van der Waals surface area contributed by atoms with Crippen molar-refractivity contribution in [1.29, 1.82) is 0 Å². The Kier molecular flexibility index (Phi) is 5.76. The van der Waals surface area contributed by atoms with Gasteiger partial charge in [-0.3, -0.25) is 14.5 Å². The van der Waals surface area contributed by atoms with Gasteiger partial charge < -0.3 is 14.9 Å². The van der Waals surface area contributed by atoms with Crippen LogP contribution in [0.5, 0.6) is 0 Å². The van der Waals surface area contributed by atoms with E-state index in [0.717, 1.165) is 32.4 Å². The first-order valence-corrected chi connectivity index (χ1v) is 9.57. The Balaban J connectivity index is 1.48. The average Bonchev–Trinajstić information content (AvgIpc) is 3.24. The van der Waals surface area contributed by atoms with E-state index in [1.165, 1.54) is 12.8 Å². The Morgan fingerprint density at radius 2 is 1.88 bits per heavy atom. The summed E-state index contributed by atoms with van der Waals surface area (Å²) in [5, 5.41) is 9.75. The van der Waals surface area contributed by atoms with Gasteiger partial charge in [-0.2, -0.15) is 0 Å². The van der Waals surface area contributed by atoms with Crippen LogP contribution in [0.1, 0.15) is 45.4 Å². The van der Waals surface area contributed by atoms with Crippen LogP contribution in [-0.4, -0.2) is 83.0 Å². The van der Waals surface area contributed by atoms with Gasteiger partial charge in [-0.1, -0.05) is 19.8 Å². The summed E-state index contributed by atoms with van der Waals surface area (Å²) in [7, 11) is 0. The predicted molar refractivity (Wildman–Crippen MR) is 91.4 cm³/mol. The third-order valence-electron chi connectivity index (χ3n) is 5.90. The molecule has 6 heteroatoms. The van der Waals surface area contributed by atoms with E-state index in [1.807, 2.05) is 16.7 Å². The first-order chi connectivity index (χ1) is 11.6. The van der Waals surface area contributed by atoms with Crippen molar-refractivity contribution in [3.8, 4) is 0 Å². The summed E-state index contributed by atoms with van der Waals surface area (Å²) in [6, 6.07) is 0.377. The molecular weight excluding hydrogens is 306 g/mol. The molecule has 24 heavy (non-hydrogen) atoms. The second-order valence-corrected chi connectivity index (χ2v) is 7.57. The van der Waals surface area contributed by atoms with E-state index in [4.69, 9.17) is 0 Å². The van der Waals surface area contributed by atoms with Gasteiger partial charge in [0.15, 0.2) is 0 Å². The topological polar surface area (TPSA) is 64.1 Å². The molecule has 2 heterocycles. The summed E-state index contributed by atoms with van der Waals surface area (Å²) < 4.78 is 0. The van der Waals surface area contributed by atoms with Crippen LogP contribution >= 0.6 is 0 Å². The molecule has 2 saturated heterocycles. The lowest BCUT2D eigenvalue weighted by Gasteiger charge is -2.36. The molecule has 1 N–H and O–H groups in total. The molecule has 136 valence electrons. The molecule has 1 aliphatic carbocycles. The zero-order chi connectivity index (χ0) is 17.1. The number of nitrogens with zero attached hydrogens (tertiary/aromatic N) is 3. The monoisotopic (exact) mass is 337 g/mol. The lowest BCUT2D eigenvalue weighted by Crippen LogP contribution is -2.52. The van der Waals surface area contributed by atoms with E-state index in [2.05, 4.69) is 4.90 Å². The van der Waals surface area contributed by atoms with Crippen molar-refractivity contribution in [3.63, 3.8) is 0 Å². The van der Waals surface area contributed by atoms with Gasteiger partial charge in [-0.05, 0) is 19.3 Å². The summed E-state index contributed by atoms with van der Waals surface area (Å²) >= 11 is 0. The van der Waals surface area contributed by atoms with Gasteiger partial charge in [0.25, 0.3) is 0 Å². The Bertz CT molecular complexity index is 456. The molecule has 2 amide bonds. The smallest absolute Gasteiger partial charge is 0.228 e. The zero-order valence-electron chi connectivity index (χ0n) is 14.8. The number of hydrogen-bond donors (Lipinski definition) is 1. The first-order valence-electron chi connectivity index (χ1n) is 9.57. The molecule has 2 aliphatic heterocycles. The third kappa shape index (κ3) is 3.91. The molecule has 3 fully saturated rings. The van der Waals surface area contributed by atoms with Crippen LogP contribution in [-0.2, 0) is 9.59 Å². The van der Waals surface area contributed by atoms with Crippen LogP contribution in [0.4, 0.5) is 0 Å². The maximum atomic E-state index is 12.8.